The van der Waals surface area contributed by atoms with Crippen molar-refractivity contribution in [3.63, 3.8) is 0 Å². The molecule has 3 heterocycles. The Kier molecular flexibility index (Phi) is 6.26. The van der Waals surface area contributed by atoms with Crippen molar-refractivity contribution in [2.45, 2.75) is 32.2 Å². The molecule has 28 heavy (non-hydrogen) atoms. The minimum absolute atomic E-state index is 0.00701. The maximum atomic E-state index is 13.0. The highest BCUT2D eigenvalue weighted by Gasteiger charge is 2.25. The second kappa shape index (κ2) is 9.03. The third-order valence-electron chi connectivity index (χ3n) is 4.63. The average Bonchev–Trinajstić information content (AvgIpc) is 2.74. The van der Waals surface area contributed by atoms with Crippen molar-refractivity contribution in [1.29, 1.82) is 0 Å². The molecular formula is C21H23N5O2. The van der Waals surface area contributed by atoms with Crippen LogP contribution in [0.25, 0.3) is 11.5 Å². The normalized spacial score (nSPS) is 11.8. The number of nitrogens with one attached hydrogen (secondary N) is 1. The van der Waals surface area contributed by atoms with Gasteiger partial charge in [-0.15, -0.1) is 0 Å². The van der Waals surface area contributed by atoms with Crippen LogP contribution >= 0.6 is 0 Å². The monoisotopic (exact) mass is 377 g/mol. The van der Waals surface area contributed by atoms with E-state index in [0.29, 0.717) is 11.5 Å². The number of aromatic amines is 1. The van der Waals surface area contributed by atoms with E-state index in [1.165, 1.54) is 6.20 Å². The van der Waals surface area contributed by atoms with Crippen molar-refractivity contribution in [3.8, 4) is 11.5 Å². The zero-order valence-corrected chi connectivity index (χ0v) is 16.0. The lowest BCUT2D eigenvalue weighted by Gasteiger charge is -2.28. The van der Waals surface area contributed by atoms with E-state index in [-0.39, 0.29) is 17.5 Å². The first-order valence-corrected chi connectivity index (χ1v) is 9.29. The van der Waals surface area contributed by atoms with Crippen molar-refractivity contribution < 1.29 is 4.79 Å². The number of amides is 1. The second-order valence-electron chi connectivity index (χ2n) is 6.55. The average molecular weight is 377 g/mol. The first-order valence-electron chi connectivity index (χ1n) is 9.29. The first-order chi connectivity index (χ1) is 13.6. The standard InChI is InChI=1S/C21H23N5O2/c1-3-4-10-18(15-8-7-11-22-13-15)26(2)21(28)16-14-24-19(25-20(16)27)17-9-5-6-12-23-17/h5-9,11-14,18H,3-4,10H2,1-2H3,(H,24,25,27)/t18-/m1/s1. The van der Waals surface area contributed by atoms with E-state index in [2.05, 4.69) is 26.9 Å². The molecule has 0 spiro atoms. The molecular weight excluding hydrogens is 354 g/mol. The van der Waals surface area contributed by atoms with Gasteiger partial charge < -0.3 is 9.88 Å². The molecule has 1 N–H and O–H groups in total. The van der Waals surface area contributed by atoms with E-state index in [9.17, 15) is 9.59 Å². The highest BCUT2D eigenvalue weighted by molar-refractivity contribution is 5.93. The quantitative estimate of drug-likeness (QED) is 0.682. The Balaban J connectivity index is 1.88. The van der Waals surface area contributed by atoms with Crippen LogP contribution in [0.1, 0.15) is 48.1 Å². The molecule has 0 radical (unpaired) electrons. The highest BCUT2D eigenvalue weighted by atomic mass is 16.2. The molecule has 144 valence electrons. The lowest BCUT2D eigenvalue weighted by Crippen LogP contribution is -2.35. The molecule has 3 aromatic rings. The van der Waals surface area contributed by atoms with Crippen LogP contribution in [0.15, 0.2) is 59.9 Å². The summed E-state index contributed by atoms with van der Waals surface area (Å²) in [5.41, 5.74) is 1.02. The predicted molar refractivity (Wildman–Crippen MR) is 107 cm³/mol. The number of pyridine rings is 2. The lowest BCUT2D eigenvalue weighted by atomic mass is 10.0. The first kappa shape index (κ1) is 19.4. The maximum absolute atomic E-state index is 13.0. The molecule has 7 nitrogen and oxygen atoms in total. The number of carbonyl (C=O) groups excluding carboxylic acids is 1. The predicted octanol–water partition coefficient (Wildman–Crippen LogP) is 3.23. The molecule has 3 aromatic heterocycles. The zero-order valence-electron chi connectivity index (χ0n) is 16.0. The molecule has 0 unspecified atom stereocenters. The molecule has 3 rings (SSSR count). The fourth-order valence-electron chi connectivity index (χ4n) is 3.07. The Morgan fingerprint density at radius 1 is 1.14 bits per heavy atom. The Bertz CT molecular complexity index is 973. The molecule has 7 heteroatoms. The van der Waals surface area contributed by atoms with Crippen molar-refractivity contribution >= 4 is 5.91 Å². The van der Waals surface area contributed by atoms with E-state index >= 15 is 0 Å². The van der Waals surface area contributed by atoms with Crippen molar-refractivity contribution in [2.75, 3.05) is 7.05 Å². The maximum Gasteiger partial charge on any atom is 0.264 e. The number of hydrogen-bond donors (Lipinski definition) is 1. The van der Waals surface area contributed by atoms with Gasteiger partial charge in [-0.3, -0.25) is 19.6 Å². The van der Waals surface area contributed by atoms with Gasteiger partial charge in [0, 0.05) is 31.8 Å². The van der Waals surface area contributed by atoms with Gasteiger partial charge in [-0.25, -0.2) is 4.98 Å². The fourth-order valence-corrected chi connectivity index (χ4v) is 3.07. The summed E-state index contributed by atoms with van der Waals surface area (Å²) in [6, 6.07) is 8.97. The zero-order chi connectivity index (χ0) is 19.9. The van der Waals surface area contributed by atoms with Gasteiger partial charge in [-0.2, -0.15) is 0 Å². The summed E-state index contributed by atoms with van der Waals surface area (Å²) >= 11 is 0. The molecule has 0 fully saturated rings. The van der Waals surface area contributed by atoms with Gasteiger partial charge in [-0.1, -0.05) is 31.9 Å². The fraction of sp³-hybridized carbons (Fsp3) is 0.286. The summed E-state index contributed by atoms with van der Waals surface area (Å²) in [5, 5.41) is 0. The van der Waals surface area contributed by atoms with E-state index in [1.54, 1.807) is 48.7 Å². The Morgan fingerprint density at radius 3 is 2.64 bits per heavy atom. The summed E-state index contributed by atoms with van der Waals surface area (Å²) in [6.07, 6.45) is 9.17. The summed E-state index contributed by atoms with van der Waals surface area (Å²) in [7, 11) is 1.71. The summed E-state index contributed by atoms with van der Waals surface area (Å²) in [4.78, 5) is 42.4. The van der Waals surface area contributed by atoms with Gasteiger partial charge in [0.05, 0.1) is 6.04 Å². The molecule has 0 saturated heterocycles. The molecule has 1 amide bonds. The van der Waals surface area contributed by atoms with Gasteiger partial charge in [0.1, 0.15) is 11.3 Å². The van der Waals surface area contributed by atoms with Crippen molar-refractivity contribution in [3.05, 3.63) is 76.6 Å². The number of hydrogen-bond acceptors (Lipinski definition) is 5. The Hall–Kier alpha value is -3.35. The van der Waals surface area contributed by atoms with Crippen LogP contribution < -0.4 is 5.56 Å². The molecule has 0 aliphatic heterocycles. The smallest absolute Gasteiger partial charge is 0.264 e. The van der Waals surface area contributed by atoms with Gasteiger partial charge in [0.25, 0.3) is 11.5 Å². The molecule has 0 aliphatic rings. The molecule has 0 bridgehead atoms. The number of nitrogens with zero attached hydrogens (tertiary/aromatic N) is 4. The van der Waals surface area contributed by atoms with Crippen LogP contribution in [0.5, 0.6) is 0 Å². The molecule has 0 aromatic carbocycles. The number of rotatable bonds is 7. The third kappa shape index (κ3) is 4.31. The molecule has 1 atom stereocenters. The van der Waals surface area contributed by atoms with E-state index < -0.39 is 5.56 Å². The van der Waals surface area contributed by atoms with Crippen LogP contribution in [0.2, 0.25) is 0 Å². The molecule has 0 aliphatic carbocycles. The van der Waals surface area contributed by atoms with Gasteiger partial charge >= 0.3 is 0 Å². The van der Waals surface area contributed by atoms with Crippen LogP contribution in [-0.4, -0.2) is 37.8 Å². The second-order valence-corrected chi connectivity index (χ2v) is 6.55. The van der Waals surface area contributed by atoms with E-state index in [0.717, 1.165) is 24.8 Å². The van der Waals surface area contributed by atoms with Crippen molar-refractivity contribution in [2.24, 2.45) is 0 Å². The van der Waals surface area contributed by atoms with E-state index in [4.69, 9.17) is 0 Å². The number of unbranched alkanes of at least 4 members (excludes halogenated alkanes) is 1. The Morgan fingerprint density at radius 2 is 2.00 bits per heavy atom. The molecule has 0 saturated carbocycles. The Labute approximate surface area is 163 Å². The summed E-state index contributed by atoms with van der Waals surface area (Å²) in [6.45, 7) is 2.10. The summed E-state index contributed by atoms with van der Waals surface area (Å²) < 4.78 is 0. The van der Waals surface area contributed by atoms with Crippen LogP contribution in [0.3, 0.4) is 0 Å². The minimum Gasteiger partial charge on any atom is -0.334 e. The number of carbonyl (C=O) groups is 1. The van der Waals surface area contributed by atoms with Crippen LogP contribution in [0.4, 0.5) is 0 Å². The van der Waals surface area contributed by atoms with Crippen LogP contribution in [-0.2, 0) is 0 Å². The number of aromatic nitrogens is 4. The SMILES string of the molecule is CCCC[C@H](c1cccnc1)N(C)C(=O)c1cnc(-c2ccccn2)[nH]c1=O. The van der Waals surface area contributed by atoms with Crippen molar-refractivity contribution in [1.82, 2.24) is 24.8 Å². The highest BCUT2D eigenvalue weighted by Crippen LogP contribution is 2.25. The number of H-pyrrole nitrogens is 1. The largest absolute Gasteiger partial charge is 0.334 e. The van der Waals surface area contributed by atoms with Gasteiger partial charge in [-0.05, 0) is 30.2 Å². The van der Waals surface area contributed by atoms with E-state index in [1.807, 2.05) is 12.1 Å². The van der Waals surface area contributed by atoms with Gasteiger partial charge in [0.15, 0.2) is 5.82 Å². The third-order valence-corrected chi connectivity index (χ3v) is 4.63. The van der Waals surface area contributed by atoms with Crippen LogP contribution in [0, 0.1) is 0 Å². The summed E-state index contributed by atoms with van der Waals surface area (Å²) in [5.74, 6) is -0.0362. The van der Waals surface area contributed by atoms with Gasteiger partial charge in [0.2, 0.25) is 0 Å². The lowest BCUT2D eigenvalue weighted by molar-refractivity contribution is 0.0718. The minimum atomic E-state index is -0.479. The topological polar surface area (TPSA) is 91.8 Å².